The van der Waals surface area contributed by atoms with Gasteiger partial charge in [0.05, 0.1) is 17.9 Å². The summed E-state index contributed by atoms with van der Waals surface area (Å²) in [5.41, 5.74) is 6.28. The minimum absolute atomic E-state index is 0.488. The Kier molecular flexibility index (Phi) is 4.58. The lowest BCUT2D eigenvalue weighted by atomic mass is 10.0. The molecule has 0 unspecified atom stereocenters. The van der Waals surface area contributed by atoms with Gasteiger partial charge in [-0.1, -0.05) is 0 Å². The van der Waals surface area contributed by atoms with Gasteiger partial charge in [0.2, 0.25) is 0 Å². The molecule has 0 saturated carbocycles. The molecule has 5 rings (SSSR count). The van der Waals surface area contributed by atoms with Crippen LogP contribution in [0.4, 0.5) is 10.6 Å². The summed E-state index contributed by atoms with van der Waals surface area (Å²) in [7, 11) is 1.90. The van der Waals surface area contributed by atoms with Crippen molar-refractivity contribution in [3.8, 4) is 22.3 Å². The Morgan fingerprint density at radius 2 is 1.77 bits per heavy atom. The van der Waals surface area contributed by atoms with E-state index in [0.717, 1.165) is 39.2 Å². The van der Waals surface area contributed by atoms with Crippen molar-refractivity contribution in [2.45, 2.75) is 6.92 Å². The first-order chi connectivity index (χ1) is 15.0. The molecule has 1 fully saturated rings. The highest BCUT2D eigenvalue weighted by atomic mass is 16.4. The van der Waals surface area contributed by atoms with Gasteiger partial charge in [0, 0.05) is 74.1 Å². The van der Waals surface area contributed by atoms with E-state index in [2.05, 4.69) is 39.1 Å². The first-order valence-electron chi connectivity index (χ1n) is 10.2. The summed E-state index contributed by atoms with van der Waals surface area (Å²) in [6, 6.07) is 6.23. The number of fused-ring (bicyclic) bond motifs is 1. The van der Waals surface area contributed by atoms with Crippen LogP contribution in [0.25, 0.3) is 27.8 Å². The van der Waals surface area contributed by atoms with Crippen LogP contribution in [-0.4, -0.2) is 66.7 Å². The standard InChI is InChI=1S/C22H23N7O2/c1-15-10-25-29-14-17(18-12-24-26(2)13-18)9-19(21(15)29)16-3-4-20(23-11-16)27-5-7-28(8-6-27)22(30)31/h3-4,9-14H,5-8H2,1-2H3,(H,30,31). The Morgan fingerprint density at radius 3 is 2.42 bits per heavy atom. The molecule has 0 aliphatic carbocycles. The SMILES string of the molecule is Cc1cnn2cc(-c3cnn(C)c3)cc(-c3ccc(N4CCN(C(=O)O)CC4)nc3)c12. The molecule has 0 bridgehead atoms. The number of amides is 1. The maximum absolute atomic E-state index is 11.1. The van der Waals surface area contributed by atoms with Crippen LogP contribution in [0.5, 0.6) is 0 Å². The molecule has 4 aromatic rings. The van der Waals surface area contributed by atoms with Gasteiger partial charge in [0.1, 0.15) is 5.82 Å². The molecule has 0 aromatic carbocycles. The fourth-order valence-corrected chi connectivity index (χ4v) is 4.08. The number of carboxylic acid groups (broad SMARTS) is 1. The smallest absolute Gasteiger partial charge is 0.407 e. The number of anilines is 1. The Morgan fingerprint density at radius 1 is 0.968 bits per heavy atom. The second-order valence-corrected chi connectivity index (χ2v) is 7.83. The zero-order valence-corrected chi connectivity index (χ0v) is 17.4. The molecule has 0 spiro atoms. The molecule has 0 atom stereocenters. The zero-order valence-electron chi connectivity index (χ0n) is 17.4. The Bertz CT molecular complexity index is 1250. The Labute approximate surface area is 179 Å². The van der Waals surface area contributed by atoms with E-state index in [-0.39, 0.29) is 0 Å². The fourth-order valence-electron chi connectivity index (χ4n) is 4.08. The van der Waals surface area contributed by atoms with Gasteiger partial charge in [0.15, 0.2) is 0 Å². The fraction of sp³-hybridized carbons (Fsp3) is 0.273. The Balaban J connectivity index is 1.49. The predicted octanol–water partition coefficient (Wildman–Crippen LogP) is 2.91. The lowest BCUT2D eigenvalue weighted by molar-refractivity contribution is 0.142. The number of hydrogen-bond acceptors (Lipinski definition) is 5. The van der Waals surface area contributed by atoms with Gasteiger partial charge in [-0.05, 0) is 30.7 Å². The van der Waals surface area contributed by atoms with E-state index in [1.807, 2.05) is 48.6 Å². The molecule has 1 aliphatic rings. The van der Waals surface area contributed by atoms with Crippen LogP contribution < -0.4 is 4.90 Å². The largest absolute Gasteiger partial charge is 0.465 e. The molecule has 0 radical (unpaired) electrons. The number of aryl methyl sites for hydroxylation is 2. The van der Waals surface area contributed by atoms with Crippen molar-refractivity contribution >= 4 is 17.4 Å². The van der Waals surface area contributed by atoms with Crippen molar-refractivity contribution in [3.63, 3.8) is 0 Å². The van der Waals surface area contributed by atoms with E-state index in [0.29, 0.717) is 26.2 Å². The van der Waals surface area contributed by atoms with Crippen LogP contribution in [0, 0.1) is 6.92 Å². The summed E-state index contributed by atoms with van der Waals surface area (Å²) < 4.78 is 3.69. The van der Waals surface area contributed by atoms with Gasteiger partial charge in [-0.15, -0.1) is 0 Å². The first-order valence-corrected chi connectivity index (χ1v) is 10.2. The predicted molar refractivity (Wildman–Crippen MR) is 117 cm³/mol. The molecule has 5 heterocycles. The summed E-state index contributed by atoms with van der Waals surface area (Å²) in [4.78, 5) is 19.4. The molecule has 9 nitrogen and oxygen atoms in total. The van der Waals surface area contributed by atoms with E-state index in [1.165, 1.54) is 4.90 Å². The monoisotopic (exact) mass is 417 g/mol. The van der Waals surface area contributed by atoms with Crippen molar-refractivity contribution in [1.82, 2.24) is 29.3 Å². The summed E-state index contributed by atoms with van der Waals surface area (Å²) >= 11 is 0. The first kappa shape index (κ1) is 19.1. The Hall–Kier alpha value is -3.88. The van der Waals surface area contributed by atoms with Gasteiger partial charge < -0.3 is 14.9 Å². The van der Waals surface area contributed by atoms with Crippen LogP contribution in [-0.2, 0) is 7.05 Å². The highest BCUT2D eigenvalue weighted by molar-refractivity contribution is 5.86. The lowest BCUT2D eigenvalue weighted by Crippen LogP contribution is -2.48. The number of carbonyl (C=O) groups is 1. The third-order valence-electron chi connectivity index (χ3n) is 5.77. The second-order valence-electron chi connectivity index (χ2n) is 7.83. The summed E-state index contributed by atoms with van der Waals surface area (Å²) in [6.07, 6.45) is 8.74. The molecular weight excluding hydrogens is 394 g/mol. The molecule has 9 heteroatoms. The lowest BCUT2D eigenvalue weighted by Gasteiger charge is -2.33. The van der Waals surface area contributed by atoms with Gasteiger partial charge in [-0.25, -0.2) is 14.3 Å². The van der Waals surface area contributed by atoms with E-state index in [1.54, 1.807) is 4.68 Å². The van der Waals surface area contributed by atoms with Gasteiger partial charge in [-0.3, -0.25) is 4.68 Å². The number of pyridine rings is 2. The molecule has 1 amide bonds. The highest BCUT2D eigenvalue weighted by Crippen LogP contribution is 2.32. The van der Waals surface area contributed by atoms with Crippen molar-refractivity contribution in [1.29, 1.82) is 0 Å². The van der Waals surface area contributed by atoms with Crippen molar-refractivity contribution < 1.29 is 9.90 Å². The van der Waals surface area contributed by atoms with Crippen molar-refractivity contribution in [2.24, 2.45) is 7.05 Å². The topological polar surface area (TPSA) is 91.8 Å². The quantitative estimate of drug-likeness (QED) is 0.551. The van der Waals surface area contributed by atoms with E-state index in [9.17, 15) is 4.79 Å². The van der Waals surface area contributed by atoms with Gasteiger partial charge in [0.25, 0.3) is 0 Å². The average Bonchev–Trinajstić information content (AvgIpc) is 3.39. The number of hydrogen-bond donors (Lipinski definition) is 1. The second kappa shape index (κ2) is 7.42. The van der Waals surface area contributed by atoms with Crippen LogP contribution in [0.2, 0.25) is 0 Å². The van der Waals surface area contributed by atoms with Gasteiger partial charge >= 0.3 is 6.09 Å². The summed E-state index contributed by atoms with van der Waals surface area (Å²) in [6.45, 7) is 4.31. The minimum Gasteiger partial charge on any atom is -0.465 e. The molecule has 1 saturated heterocycles. The molecule has 1 aliphatic heterocycles. The van der Waals surface area contributed by atoms with Gasteiger partial charge in [-0.2, -0.15) is 10.2 Å². The molecular formula is C22H23N7O2. The summed E-state index contributed by atoms with van der Waals surface area (Å²) in [5, 5.41) is 17.9. The molecule has 1 N–H and O–H groups in total. The summed E-state index contributed by atoms with van der Waals surface area (Å²) in [5.74, 6) is 0.860. The number of piperazine rings is 1. The van der Waals surface area contributed by atoms with Crippen LogP contribution in [0.3, 0.4) is 0 Å². The molecule has 31 heavy (non-hydrogen) atoms. The minimum atomic E-state index is -0.864. The van der Waals surface area contributed by atoms with Crippen LogP contribution >= 0.6 is 0 Å². The zero-order chi connectivity index (χ0) is 21.5. The molecule has 158 valence electrons. The number of aromatic nitrogens is 5. The normalized spacial score (nSPS) is 14.4. The van der Waals surface area contributed by atoms with E-state index in [4.69, 9.17) is 5.11 Å². The third kappa shape index (κ3) is 3.48. The average molecular weight is 417 g/mol. The molecule has 4 aromatic heterocycles. The van der Waals surface area contributed by atoms with Crippen LogP contribution in [0.15, 0.2) is 49.2 Å². The van der Waals surface area contributed by atoms with Crippen molar-refractivity contribution in [3.05, 3.63) is 54.7 Å². The van der Waals surface area contributed by atoms with E-state index >= 15 is 0 Å². The van der Waals surface area contributed by atoms with E-state index < -0.39 is 6.09 Å². The van der Waals surface area contributed by atoms with Crippen LogP contribution in [0.1, 0.15) is 5.56 Å². The maximum Gasteiger partial charge on any atom is 0.407 e. The van der Waals surface area contributed by atoms with Crippen molar-refractivity contribution in [2.75, 3.05) is 31.1 Å². The highest BCUT2D eigenvalue weighted by Gasteiger charge is 2.21. The third-order valence-corrected chi connectivity index (χ3v) is 5.77. The number of nitrogens with zero attached hydrogens (tertiary/aromatic N) is 7. The maximum atomic E-state index is 11.1. The number of rotatable bonds is 3.